The first-order valence-electron chi connectivity index (χ1n) is 11.6. The summed E-state index contributed by atoms with van der Waals surface area (Å²) in [5.74, 6) is 3.10. The van der Waals surface area contributed by atoms with Crippen LogP contribution >= 0.6 is 0 Å². The van der Waals surface area contributed by atoms with E-state index in [1.165, 1.54) is 51.3 Å². The van der Waals surface area contributed by atoms with E-state index in [2.05, 4.69) is 61.5 Å². The fourth-order valence-electron chi connectivity index (χ4n) is 5.61. The summed E-state index contributed by atoms with van der Waals surface area (Å²) in [4.78, 5) is 15.1. The van der Waals surface area contributed by atoms with Crippen molar-refractivity contribution >= 4 is 33.2 Å². The molecule has 2 nitrogen and oxygen atoms in total. The van der Waals surface area contributed by atoms with Crippen LogP contribution in [0.5, 0.6) is 5.75 Å². The second-order valence-electron chi connectivity index (χ2n) is 9.07. The minimum Gasteiger partial charge on any atom is -0.425 e. The number of carbonyl (C=O) groups excluding carboxylic acids is 1. The lowest BCUT2D eigenvalue weighted by Crippen LogP contribution is -2.22. The van der Waals surface area contributed by atoms with Crippen LogP contribution in [0.25, 0.3) is 16.3 Å². The lowest BCUT2D eigenvalue weighted by Gasteiger charge is -2.23. The van der Waals surface area contributed by atoms with Gasteiger partial charge in [0.15, 0.2) is 4.90 Å². The molecular weight excluding hydrogens is 412 g/mol. The van der Waals surface area contributed by atoms with Gasteiger partial charge in [-0.05, 0) is 65.7 Å². The fraction of sp³-hybridized carbons (Fsp3) is 0.276. The Labute approximate surface area is 192 Å². The van der Waals surface area contributed by atoms with Gasteiger partial charge in [-0.25, -0.2) is 0 Å². The summed E-state index contributed by atoms with van der Waals surface area (Å²) in [6.07, 6.45) is 8.02. The Hall–Kier alpha value is -2.78. The van der Waals surface area contributed by atoms with Crippen molar-refractivity contribution in [3.05, 3.63) is 89.5 Å². The molecule has 1 aliphatic heterocycles. The van der Waals surface area contributed by atoms with Crippen molar-refractivity contribution in [3.63, 3.8) is 0 Å². The molecule has 0 aromatic heterocycles. The van der Waals surface area contributed by atoms with Gasteiger partial charge in [-0.15, -0.1) is 0 Å². The molecule has 3 heteroatoms. The number of allylic oxidation sites excluding steroid dienone is 3. The lowest BCUT2D eigenvalue weighted by molar-refractivity contribution is -0.135. The number of hydrogen-bond donors (Lipinski definition) is 0. The summed E-state index contributed by atoms with van der Waals surface area (Å²) >= 11 is 0. The standard InChI is InChI=1S/C29H27O2S/c1-19-9-8-14-23-20-10-2-5-13-24(20)28(27(19)23)29(30)31-25-15-16-26(32-17-6-7-18-32)22-12-4-3-11-21(22)25/h2-5,8,10-16,19,28H,6-7,9,17-18H2,1H3/q+1. The van der Waals surface area contributed by atoms with Crippen LogP contribution in [0.4, 0.5) is 0 Å². The van der Waals surface area contributed by atoms with Crippen molar-refractivity contribution in [3.8, 4) is 5.75 Å². The van der Waals surface area contributed by atoms with Crippen molar-refractivity contribution in [1.82, 2.24) is 0 Å². The van der Waals surface area contributed by atoms with Crippen LogP contribution in [-0.4, -0.2) is 17.5 Å². The highest BCUT2D eigenvalue weighted by Gasteiger charge is 2.40. The number of carbonyl (C=O) groups is 1. The van der Waals surface area contributed by atoms with Crippen LogP contribution < -0.4 is 4.74 Å². The zero-order valence-corrected chi connectivity index (χ0v) is 19.2. The molecule has 0 radical (unpaired) electrons. The Morgan fingerprint density at radius 3 is 2.53 bits per heavy atom. The Kier molecular flexibility index (Phi) is 4.95. The summed E-state index contributed by atoms with van der Waals surface area (Å²) in [6.45, 7) is 2.22. The molecule has 0 saturated carbocycles. The van der Waals surface area contributed by atoms with E-state index in [1.54, 1.807) is 0 Å². The van der Waals surface area contributed by atoms with Gasteiger partial charge < -0.3 is 4.74 Å². The zero-order valence-electron chi connectivity index (χ0n) is 18.3. The summed E-state index contributed by atoms with van der Waals surface area (Å²) in [5.41, 5.74) is 4.68. The first-order valence-corrected chi connectivity index (χ1v) is 13.2. The minimum absolute atomic E-state index is 0.161. The van der Waals surface area contributed by atoms with E-state index in [1.807, 2.05) is 18.2 Å². The molecule has 160 valence electrons. The third-order valence-electron chi connectivity index (χ3n) is 7.12. The van der Waals surface area contributed by atoms with Crippen molar-refractivity contribution < 1.29 is 9.53 Å². The fourth-order valence-corrected chi connectivity index (χ4v) is 8.10. The molecule has 3 aromatic carbocycles. The van der Waals surface area contributed by atoms with Gasteiger partial charge in [0.05, 0.1) is 0 Å². The van der Waals surface area contributed by atoms with Crippen molar-refractivity contribution in [2.75, 3.05) is 11.5 Å². The second-order valence-corrected chi connectivity index (χ2v) is 11.3. The van der Waals surface area contributed by atoms with Crippen molar-refractivity contribution in [2.24, 2.45) is 5.92 Å². The molecule has 2 aliphatic carbocycles. The van der Waals surface area contributed by atoms with Crippen LogP contribution in [0.2, 0.25) is 0 Å². The van der Waals surface area contributed by atoms with Crippen LogP contribution in [0.3, 0.4) is 0 Å². The maximum Gasteiger partial charge on any atom is 0.323 e. The van der Waals surface area contributed by atoms with Crippen LogP contribution in [0.1, 0.15) is 43.2 Å². The summed E-state index contributed by atoms with van der Waals surface area (Å²) in [7, 11) is 0.316. The monoisotopic (exact) mass is 439 g/mol. The highest BCUT2D eigenvalue weighted by atomic mass is 32.2. The van der Waals surface area contributed by atoms with Gasteiger partial charge in [0.25, 0.3) is 0 Å². The Morgan fingerprint density at radius 1 is 0.938 bits per heavy atom. The smallest absolute Gasteiger partial charge is 0.323 e. The Balaban J connectivity index is 1.40. The largest absolute Gasteiger partial charge is 0.425 e. The maximum absolute atomic E-state index is 13.7. The van der Waals surface area contributed by atoms with Gasteiger partial charge in [0, 0.05) is 21.7 Å². The van der Waals surface area contributed by atoms with E-state index in [9.17, 15) is 4.79 Å². The molecule has 6 rings (SSSR count). The number of ether oxygens (including phenoxy) is 1. The normalized spacial score (nSPS) is 22.3. The molecule has 1 saturated heterocycles. The highest BCUT2D eigenvalue weighted by Crippen LogP contribution is 2.49. The Bertz CT molecular complexity index is 1280. The first-order chi connectivity index (χ1) is 15.7. The molecule has 2 atom stereocenters. The molecule has 32 heavy (non-hydrogen) atoms. The van der Waals surface area contributed by atoms with Gasteiger partial charge in [-0.2, -0.15) is 0 Å². The van der Waals surface area contributed by atoms with E-state index in [0.717, 1.165) is 17.4 Å². The number of hydrogen-bond acceptors (Lipinski definition) is 2. The SMILES string of the molecule is CC1CC=CC2=C1C(C(=O)Oc1ccc([S+]3CCCC3)c3ccccc13)c1ccccc12. The van der Waals surface area contributed by atoms with Gasteiger partial charge in [-0.3, -0.25) is 4.79 Å². The van der Waals surface area contributed by atoms with Gasteiger partial charge in [0.2, 0.25) is 0 Å². The van der Waals surface area contributed by atoms with Gasteiger partial charge >= 0.3 is 5.97 Å². The third kappa shape index (κ3) is 3.14. The van der Waals surface area contributed by atoms with E-state index in [-0.39, 0.29) is 11.9 Å². The molecule has 3 aromatic rings. The number of esters is 1. The summed E-state index contributed by atoms with van der Waals surface area (Å²) < 4.78 is 6.19. The van der Waals surface area contributed by atoms with Gasteiger partial charge in [0.1, 0.15) is 23.2 Å². The quantitative estimate of drug-likeness (QED) is 0.259. The van der Waals surface area contributed by atoms with Crippen molar-refractivity contribution in [1.29, 1.82) is 0 Å². The van der Waals surface area contributed by atoms with Gasteiger partial charge in [-0.1, -0.05) is 61.5 Å². The molecular formula is C29H27O2S+. The predicted octanol–water partition coefficient (Wildman–Crippen LogP) is 6.66. The average Bonchev–Trinajstić information content (AvgIpc) is 3.47. The molecule has 2 unspecified atom stereocenters. The van der Waals surface area contributed by atoms with Crippen LogP contribution in [-0.2, 0) is 15.7 Å². The second kappa shape index (κ2) is 7.97. The lowest BCUT2D eigenvalue weighted by atomic mass is 9.83. The predicted molar refractivity (Wildman–Crippen MR) is 133 cm³/mol. The van der Waals surface area contributed by atoms with E-state index in [0.29, 0.717) is 22.6 Å². The molecule has 0 N–H and O–H groups in total. The highest BCUT2D eigenvalue weighted by molar-refractivity contribution is 7.97. The number of rotatable bonds is 3. The summed E-state index contributed by atoms with van der Waals surface area (Å²) in [5, 5.41) is 2.29. The number of fused-ring (bicyclic) bond motifs is 3. The topological polar surface area (TPSA) is 26.3 Å². The first kappa shape index (κ1) is 19.9. The molecule has 0 amide bonds. The van der Waals surface area contributed by atoms with Crippen LogP contribution in [0, 0.1) is 5.92 Å². The van der Waals surface area contributed by atoms with Crippen LogP contribution in [0.15, 0.2) is 83.3 Å². The third-order valence-corrected chi connectivity index (χ3v) is 9.66. The number of benzene rings is 3. The minimum atomic E-state index is -0.323. The molecule has 0 spiro atoms. The molecule has 3 aliphatic rings. The van der Waals surface area contributed by atoms with E-state index >= 15 is 0 Å². The summed E-state index contributed by atoms with van der Waals surface area (Å²) in [6, 6.07) is 21.0. The van der Waals surface area contributed by atoms with Crippen molar-refractivity contribution in [2.45, 2.75) is 37.0 Å². The zero-order chi connectivity index (χ0) is 21.7. The molecule has 1 fully saturated rings. The Morgan fingerprint density at radius 2 is 1.69 bits per heavy atom. The van der Waals surface area contributed by atoms with E-state index < -0.39 is 0 Å². The average molecular weight is 440 g/mol. The van der Waals surface area contributed by atoms with E-state index in [4.69, 9.17) is 4.74 Å². The maximum atomic E-state index is 13.7. The molecule has 1 heterocycles. The molecule has 0 bridgehead atoms.